The minimum Gasteiger partial charge on any atom is -0.486 e. The molecule has 6 nitrogen and oxygen atoms in total. The van der Waals surface area contributed by atoms with Crippen LogP contribution in [0.3, 0.4) is 0 Å². The van der Waals surface area contributed by atoms with E-state index >= 15 is 0 Å². The van der Waals surface area contributed by atoms with Gasteiger partial charge in [0, 0.05) is 11.4 Å². The van der Waals surface area contributed by atoms with Crippen molar-refractivity contribution >= 4 is 47.1 Å². The molecule has 1 amide bonds. The molecule has 0 saturated heterocycles. The number of hydrogen-bond donors (Lipinski definition) is 1. The number of aryl methyl sites for hydroxylation is 2. The Bertz CT molecular complexity index is 1100. The van der Waals surface area contributed by atoms with E-state index in [0.29, 0.717) is 16.5 Å². The molecule has 0 atom stereocenters. The normalized spacial score (nSPS) is 11.0. The standard InChI is InChI=1S/C22H19Cl2FN4O2S/c1-13-7-14(2)28-22(27-13)32-12-20(30)29-26-10-16-8-18(23)21(19(24)9-16)31-11-15-3-5-17(25)6-4-15/h3-10H,11-12H2,1-2H3,(H,29,30)/b26-10-. The van der Waals surface area contributed by atoms with Gasteiger partial charge in [0.2, 0.25) is 0 Å². The first-order chi connectivity index (χ1) is 15.3. The fourth-order valence-electron chi connectivity index (χ4n) is 2.63. The molecule has 3 aromatic rings. The molecule has 0 aliphatic carbocycles. The number of carbonyl (C=O) groups excluding carboxylic acids is 1. The SMILES string of the molecule is Cc1cc(C)nc(SCC(=O)N/N=C\c2cc(Cl)c(OCc3ccc(F)cc3)c(Cl)c2)n1. The third kappa shape index (κ3) is 7.19. The third-order valence-corrected chi connectivity index (χ3v) is 5.42. The third-order valence-electron chi connectivity index (χ3n) is 4.01. The topological polar surface area (TPSA) is 76.5 Å². The lowest BCUT2D eigenvalue weighted by molar-refractivity contribution is -0.118. The summed E-state index contributed by atoms with van der Waals surface area (Å²) in [6.07, 6.45) is 1.43. The molecular weight excluding hydrogens is 474 g/mol. The Morgan fingerprint density at radius 1 is 1.12 bits per heavy atom. The van der Waals surface area contributed by atoms with Crippen LogP contribution in [0.5, 0.6) is 5.75 Å². The highest BCUT2D eigenvalue weighted by molar-refractivity contribution is 7.99. The summed E-state index contributed by atoms with van der Waals surface area (Å²) in [5.74, 6) is -0.190. The van der Waals surface area contributed by atoms with Gasteiger partial charge >= 0.3 is 0 Å². The van der Waals surface area contributed by atoms with Gasteiger partial charge in [-0.25, -0.2) is 19.8 Å². The molecule has 3 rings (SSSR count). The first kappa shape index (κ1) is 24.0. The lowest BCUT2D eigenvalue weighted by Crippen LogP contribution is -2.19. The van der Waals surface area contributed by atoms with Crippen LogP contribution in [0.2, 0.25) is 10.0 Å². The molecule has 1 N–H and O–H groups in total. The fourth-order valence-corrected chi connectivity index (χ4v) is 3.98. The van der Waals surface area contributed by atoms with Gasteiger partial charge in [-0.3, -0.25) is 4.79 Å². The summed E-state index contributed by atoms with van der Waals surface area (Å²) in [5, 5.41) is 5.04. The van der Waals surface area contributed by atoms with Gasteiger partial charge in [-0.15, -0.1) is 0 Å². The number of rotatable bonds is 8. The molecule has 2 aromatic carbocycles. The van der Waals surface area contributed by atoms with Crippen LogP contribution in [0.4, 0.5) is 4.39 Å². The maximum atomic E-state index is 13.0. The minimum absolute atomic E-state index is 0.123. The number of nitrogens with one attached hydrogen (secondary N) is 1. The van der Waals surface area contributed by atoms with Crippen molar-refractivity contribution in [3.63, 3.8) is 0 Å². The van der Waals surface area contributed by atoms with E-state index in [9.17, 15) is 9.18 Å². The van der Waals surface area contributed by atoms with Gasteiger partial charge < -0.3 is 4.74 Å². The van der Waals surface area contributed by atoms with E-state index in [4.69, 9.17) is 27.9 Å². The van der Waals surface area contributed by atoms with E-state index < -0.39 is 0 Å². The number of thioether (sulfide) groups is 1. The van der Waals surface area contributed by atoms with E-state index in [0.717, 1.165) is 17.0 Å². The lowest BCUT2D eigenvalue weighted by atomic mass is 10.2. The van der Waals surface area contributed by atoms with Crippen molar-refractivity contribution in [2.75, 3.05) is 5.75 Å². The van der Waals surface area contributed by atoms with Crippen molar-refractivity contribution in [3.05, 3.63) is 80.8 Å². The highest BCUT2D eigenvalue weighted by Gasteiger charge is 2.10. The first-order valence-electron chi connectivity index (χ1n) is 9.43. The molecule has 0 aliphatic rings. The number of halogens is 3. The van der Waals surface area contributed by atoms with Gasteiger partial charge in [0.05, 0.1) is 22.0 Å². The van der Waals surface area contributed by atoms with Crippen molar-refractivity contribution in [2.24, 2.45) is 5.10 Å². The van der Waals surface area contributed by atoms with Gasteiger partial charge in [-0.2, -0.15) is 5.10 Å². The van der Waals surface area contributed by atoms with E-state index in [1.54, 1.807) is 24.3 Å². The Hall–Kier alpha value is -2.68. The quantitative estimate of drug-likeness (QED) is 0.198. The molecular formula is C22H19Cl2FN4O2S. The zero-order valence-electron chi connectivity index (χ0n) is 17.2. The summed E-state index contributed by atoms with van der Waals surface area (Å²) in [6, 6.07) is 11.0. The zero-order valence-corrected chi connectivity index (χ0v) is 19.6. The lowest BCUT2D eigenvalue weighted by Gasteiger charge is -2.11. The van der Waals surface area contributed by atoms with Crippen molar-refractivity contribution in [1.29, 1.82) is 0 Å². The monoisotopic (exact) mass is 492 g/mol. The molecule has 0 saturated carbocycles. The number of benzene rings is 2. The van der Waals surface area contributed by atoms with Crippen LogP contribution in [0, 0.1) is 19.7 Å². The smallest absolute Gasteiger partial charge is 0.250 e. The summed E-state index contributed by atoms with van der Waals surface area (Å²) in [6.45, 7) is 3.93. The molecule has 10 heteroatoms. The molecule has 0 bridgehead atoms. The van der Waals surface area contributed by atoms with Gasteiger partial charge in [0.1, 0.15) is 12.4 Å². The molecule has 0 aliphatic heterocycles. The molecule has 0 spiro atoms. The maximum absolute atomic E-state index is 13.0. The number of ether oxygens (including phenoxy) is 1. The molecule has 0 unspecified atom stereocenters. The predicted molar refractivity (Wildman–Crippen MR) is 125 cm³/mol. The van der Waals surface area contributed by atoms with Crippen LogP contribution in [-0.2, 0) is 11.4 Å². The Balaban J connectivity index is 1.53. The largest absolute Gasteiger partial charge is 0.486 e. The van der Waals surface area contributed by atoms with Crippen LogP contribution in [0.25, 0.3) is 0 Å². The summed E-state index contributed by atoms with van der Waals surface area (Å²) in [4.78, 5) is 20.6. The molecule has 0 radical (unpaired) electrons. The van der Waals surface area contributed by atoms with Gasteiger partial charge in [-0.1, -0.05) is 47.1 Å². The van der Waals surface area contributed by atoms with Crippen LogP contribution in [0.15, 0.2) is 52.7 Å². The van der Waals surface area contributed by atoms with E-state index in [-0.39, 0.29) is 34.1 Å². The molecule has 32 heavy (non-hydrogen) atoms. The number of amides is 1. The van der Waals surface area contributed by atoms with Crippen molar-refractivity contribution in [1.82, 2.24) is 15.4 Å². The highest BCUT2D eigenvalue weighted by Crippen LogP contribution is 2.34. The Labute approximate surface area is 199 Å². The van der Waals surface area contributed by atoms with Gasteiger partial charge in [-0.05, 0) is 55.3 Å². The highest BCUT2D eigenvalue weighted by atomic mass is 35.5. The van der Waals surface area contributed by atoms with Crippen LogP contribution in [-0.4, -0.2) is 27.8 Å². The number of nitrogens with zero attached hydrogens (tertiary/aromatic N) is 3. The van der Waals surface area contributed by atoms with Crippen molar-refractivity contribution < 1.29 is 13.9 Å². The Morgan fingerprint density at radius 2 is 1.75 bits per heavy atom. The van der Waals surface area contributed by atoms with Crippen LogP contribution < -0.4 is 10.2 Å². The van der Waals surface area contributed by atoms with Crippen molar-refractivity contribution in [3.8, 4) is 5.75 Å². The second-order valence-electron chi connectivity index (χ2n) is 6.74. The summed E-state index contributed by atoms with van der Waals surface area (Å²) in [5.41, 5.74) is 5.49. The first-order valence-corrected chi connectivity index (χ1v) is 11.2. The number of carbonyl (C=O) groups is 1. The molecule has 0 fully saturated rings. The number of aromatic nitrogens is 2. The predicted octanol–water partition coefficient (Wildman–Crippen LogP) is 5.36. The van der Waals surface area contributed by atoms with Crippen LogP contribution >= 0.6 is 35.0 Å². The van der Waals surface area contributed by atoms with Gasteiger partial charge in [0.25, 0.3) is 5.91 Å². The maximum Gasteiger partial charge on any atom is 0.250 e. The van der Waals surface area contributed by atoms with E-state index in [2.05, 4.69) is 20.5 Å². The van der Waals surface area contributed by atoms with E-state index in [1.165, 1.54) is 30.1 Å². The molecule has 1 aromatic heterocycles. The Morgan fingerprint density at radius 3 is 2.38 bits per heavy atom. The summed E-state index contributed by atoms with van der Waals surface area (Å²) < 4.78 is 18.7. The summed E-state index contributed by atoms with van der Waals surface area (Å²) in [7, 11) is 0. The molecule has 1 heterocycles. The average Bonchev–Trinajstić information content (AvgIpc) is 2.72. The fraction of sp³-hybridized carbons (Fsp3) is 0.182. The number of hydrogen-bond acceptors (Lipinski definition) is 6. The van der Waals surface area contributed by atoms with Crippen molar-refractivity contribution in [2.45, 2.75) is 25.6 Å². The Kier molecular flexibility index (Phi) is 8.44. The zero-order chi connectivity index (χ0) is 23.1. The van der Waals surface area contributed by atoms with E-state index in [1.807, 2.05) is 19.9 Å². The van der Waals surface area contributed by atoms with Crippen LogP contribution in [0.1, 0.15) is 22.5 Å². The second kappa shape index (κ2) is 11.3. The minimum atomic E-state index is -0.322. The second-order valence-corrected chi connectivity index (χ2v) is 8.50. The summed E-state index contributed by atoms with van der Waals surface area (Å²) >= 11 is 13.8. The molecule has 166 valence electrons. The number of hydrazone groups is 1. The van der Waals surface area contributed by atoms with Gasteiger partial charge in [0.15, 0.2) is 10.9 Å². The average molecular weight is 493 g/mol.